The minimum atomic E-state index is -0.240. The normalized spacial score (nSPS) is 14.8. The first-order chi connectivity index (χ1) is 69.0. The second-order valence-corrected chi connectivity index (χ2v) is 42.5. The molecule has 0 spiro atoms. The lowest BCUT2D eigenvalue weighted by atomic mass is 9.67. The number of allylic oxidation sites excluding steroid dienone is 1. The number of rotatable bonds is 5. The van der Waals surface area contributed by atoms with Crippen LogP contribution >= 0.6 is 31.9 Å². The highest BCUT2D eigenvalue weighted by atomic mass is 79.9. The summed E-state index contributed by atoms with van der Waals surface area (Å²) in [4.78, 5) is 31.3. The van der Waals surface area contributed by atoms with Crippen LogP contribution in [0.3, 0.4) is 0 Å². The Hall–Kier alpha value is -16.0. The summed E-state index contributed by atoms with van der Waals surface area (Å²) in [6.45, 7) is 33.8. The molecule has 145 heavy (non-hydrogen) atoms. The van der Waals surface area contributed by atoms with E-state index in [2.05, 4.69) is 455 Å². The summed E-state index contributed by atoms with van der Waals surface area (Å²) in [5.41, 5.74) is 45.9. The molecule has 0 aliphatic carbocycles. The summed E-state index contributed by atoms with van der Waals surface area (Å²) in [5.74, 6) is 9.33. The third kappa shape index (κ3) is 15.7. The van der Waals surface area contributed by atoms with Gasteiger partial charge in [-0.25, -0.2) is 24.9 Å². The molecule has 13 aromatic carbocycles. The standard InChI is InChI=1S/C49H41N5.C26H21N3.C23H21BrN2.C17H11BrN2.C9H11N.CH5N3.2CH4/c1-47(2)34-24-23-30(27-42(34)54-45-35(47)17-13-18-36(45)49(5,6)37-19-14-26-51-46(37)54)52-40-21-10-8-16-33(40)48(3,4)38-28-32-31-15-7-9-20-39(31)53(41(32)29-43(38)52)44-22-11-12-25-50-44;1-26(2)19-10-4-5-11-21(19)28-22-16-24-18(15-20(22)26)17-9-3-6-12-23(17)29(24)25-13-7-8-14-27-25;1-22(2)15-11-10-14(24)13-19(15)26-20-16(22)7-5-8-17(20)23(3,4)18-9-6-12-25-21(18)26;18-12-8-9-14-13-5-1-2-6-15(13)20(16(14)11-12)17-7-3-4-10-19-17;1-7(2)8-5-3-4-6-9(8)10;2-1-4-3;;/h7-29H,1-6H3;3-16,28H,1-2H3;5-13H,1-4H3;1-11H;3-6H,1,10H2,2H3;1H,3H2,(H2,2,4);2*1H4. The van der Waals surface area contributed by atoms with Crippen LogP contribution in [0, 0.1) is 0 Å². The van der Waals surface area contributed by atoms with Crippen molar-refractivity contribution in [2.45, 2.75) is 137 Å². The summed E-state index contributed by atoms with van der Waals surface area (Å²) in [6, 6.07) is 121. The van der Waals surface area contributed by atoms with Crippen molar-refractivity contribution in [3.63, 3.8) is 0 Å². The number of nitrogen functional groups attached to an aromatic ring is 1. The lowest BCUT2D eigenvalue weighted by Crippen LogP contribution is -2.38. The third-order valence-corrected chi connectivity index (χ3v) is 31.2. The minimum Gasteiger partial charge on any atom is -0.398 e. The Bertz CT molecular complexity index is 8670. The second-order valence-electron chi connectivity index (χ2n) is 40.7. The van der Waals surface area contributed by atoms with Gasteiger partial charge in [-0.1, -0.05) is 331 Å². The monoisotopic (exact) mass is 2020 g/mol. The maximum absolute atomic E-state index is 5.66. The number of halogens is 2. The van der Waals surface area contributed by atoms with Crippen molar-refractivity contribution in [2.75, 3.05) is 25.8 Å². The molecule has 16 nitrogen and oxygen atoms in total. The first kappa shape index (κ1) is 96.5. The van der Waals surface area contributed by atoms with Crippen molar-refractivity contribution in [3.05, 3.63) is 459 Å². The van der Waals surface area contributed by atoms with Gasteiger partial charge in [-0.05, 0) is 219 Å². The molecule has 27 rings (SSSR count). The number of pyridine rings is 5. The number of hydrogen-bond donors (Lipinski definition) is 4. The summed E-state index contributed by atoms with van der Waals surface area (Å²) in [7, 11) is 0. The van der Waals surface area contributed by atoms with Crippen LogP contribution < -0.4 is 37.3 Å². The quantitative estimate of drug-likeness (QED) is 0.0420. The number of hydrogen-bond acceptors (Lipinski definition) is 12. The van der Waals surface area contributed by atoms with Crippen LogP contribution in [0.2, 0.25) is 0 Å². The SMILES string of the molecule is Brc1ccc2c3ccccc3n(-c3ccccn3)c2c1.C.C.C=C(C)c1ccccc1N.CC1(C)c2ccc(Br)cc2N2c3ncccc3C(C)(C)c3cccc1c32.CC1(C)c2ccccc2N(c2ccc3c(c2)N2c4ncccc4C(C)(C)c4cccc(c42)C3(C)C)c2cc3c(cc21)c1ccccc1n3-c1ccccn1.CC1(C)c2ccccc2Nc2cc3c(cc21)c1ccccc1n3-c1ccccn1.N/C=N/N. The second kappa shape index (κ2) is 37.1. The first-order valence-corrected chi connectivity index (χ1v) is 50.1. The van der Waals surface area contributed by atoms with E-state index in [9.17, 15) is 0 Å². The molecule has 6 aliphatic rings. The fourth-order valence-electron chi connectivity index (χ4n) is 23.1. The predicted octanol–water partition coefficient (Wildman–Crippen LogP) is 32.9. The molecule has 0 radical (unpaired) electrons. The van der Waals surface area contributed by atoms with Gasteiger partial charge in [0.25, 0.3) is 0 Å². The maximum atomic E-state index is 5.66. The Kier molecular flexibility index (Phi) is 24.7. The van der Waals surface area contributed by atoms with Crippen LogP contribution in [-0.2, 0) is 32.5 Å². The van der Waals surface area contributed by atoms with Crippen LogP contribution in [0.5, 0.6) is 0 Å². The molecule has 21 aromatic rings. The highest BCUT2D eigenvalue weighted by Gasteiger charge is 2.49. The number of anilines is 12. The van der Waals surface area contributed by atoms with Gasteiger partial charge in [0.2, 0.25) is 0 Å². The zero-order valence-electron chi connectivity index (χ0n) is 82.4. The number of nitrogens with zero attached hydrogens (tertiary/aromatic N) is 12. The highest BCUT2D eigenvalue weighted by Crippen LogP contribution is 2.64. The highest BCUT2D eigenvalue weighted by molar-refractivity contribution is 9.10. The molecule has 0 amide bonds. The van der Waals surface area contributed by atoms with E-state index < -0.39 is 0 Å². The molecule has 6 aliphatic heterocycles. The van der Waals surface area contributed by atoms with Crippen LogP contribution in [0.25, 0.3) is 88.4 Å². The van der Waals surface area contributed by atoms with Crippen molar-refractivity contribution in [2.24, 2.45) is 16.7 Å². The van der Waals surface area contributed by atoms with Gasteiger partial charge in [-0.2, -0.15) is 5.10 Å². The summed E-state index contributed by atoms with van der Waals surface area (Å²) >= 11 is 7.24. The van der Waals surface area contributed by atoms with Crippen LogP contribution in [0.4, 0.5) is 68.5 Å². The molecule has 0 saturated heterocycles. The van der Waals surface area contributed by atoms with Gasteiger partial charge in [-0.15, -0.1) is 0 Å². The number of aromatic nitrogens is 8. The summed E-state index contributed by atoms with van der Waals surface area (Å²) in [5, 5.41) is 14.0. The van der Waals surface area contributed by atoms with Crippen molar-refractivity contribution in [3.8, 4) is 17.5 Å². The van der Waals surface area contributed by atoms with Gasteiger partial charge in [0.15, 0.2) is 0 Å². The van der Waals surface area contributed by atoms with Gasteiger partial charge in [0, 0.05) is 139 Å². The smallest absolute Gasteiger partial charge is 0.141 e. The molecule has 18 heteroatoms. The van der Waals surface area contributed by atoms with Gasteiger partial charge >= 0.3 is 0 Å². The van der Waals surface area contributed by atoms with Gasteiger partial charge in [-0.3, -0.25) is 23.5 Å². The van der Waals surface area contributed by atoms with E-state index in [4.69, 9.17) is 20.7 Å². The van der Waals surface area contributed by atoms with E-state index in [0.29, 0.717) is 0 Å². The van der Waals surface area contributed by atoms with Crippen molar-refractivity contribution < 1.29 is 0 Å². The Morgan fingerprint density at radius 3 is 1.17 bits per heavy atom. The maximum Gasteiger partial charge on any atom is 0.141 e. The van der Waals surface area contributed by atoms with E-state index in [1.807, 2.05) is 105 Å². The van der Waals surface area contributed by atoms with Crippen molar-refractivity contribution in [1.29, 1.82) is 0 Å². The van der Waals surface area contributed by atoms with Crippen molar-refractivity contribution >= 4 is 178 Å². The largest absolute Gasteiger partial charge is 0.398 e. The topological polar surface area (TPSA) is 191 Å². The third-order valence-electron chi connectivity index (χ3n) is 30.2. The van der Waals surface area contributed by atoms with E-state index in [1.165, 1.54) is 167 Å². The average molecular weight is 2030 g/mol. The Balaban J connectivity index is 0.000000119. The molecule has 14 heterocycles. The number of fused-ring (bicyclic) bond motifs is 21. The zero-order chi connectivity index (χ0) is 99.1. The lowest BCUT2D eigenvalue weighted by Gasteiger charge is -2.49. The van der Waals surface area contributed by atoms with Crippen LogP contribution in [0.15, 0.2) is 391 Å². The summed E-state index contributed by atoms with van der Waals surface area (Å²) in [6.07, 6.45) is 10.4. The minimum absolute atomic E-state index is 0. The molecule has 0 unspecified atom stereocenters. The van der Waals surface area contributed by atoms with Crippen LogP contribution in [0.1, 0.15) is 177 Å². The van der Waals surface area contributed by atoms with E-state index in [-0.39, 0.29) is 47.3 Å². The molecule has 0 fully saturated rings. The molecule has 720 valence electrons. The zero-order valence-corrected chi connectivity index (χ0v) is 85.5. The fourth-order valence-corrected chi connectivity index (χ4v) is 23.8. The molecule has 7 N–H and O–H groups in total. The number of para-hydroxylation sites is 8. The fraction of sp³-hybridized carbons (Fsp3) is 0.165. The molecule has 0 saturated carbocycles. The van der Waals surface area contributed by atoms with Gasteiger partial charge < -0.3 is 27.5 Å². The molecule has 8 aromatic heterocycles. The van der Waals surface area contributed by atoms with Gasteiger partial charge in [0.05, 0.1) is 67.2 Å². The number of benzene rings is 13. The van der Waals surface area contributed by atoms with Crippen molar-refractivity contribution in [1.82, 2.24) is 38.6 Å². The average Bonchev–Trinajstić information content (AvgIpc) is 1.54. The Morgan fingerprint density at radius 1 is 0.310 bits per heavy atom. The van der Waals surface area contributed by atoms with E-state index in [1.54, 1.807) is 0 Å². The van der Waals surface area contributed by atoms with E-state index in [0.717, 1.165) is 77.9 Å². The first-order valence-electron chi connectivity index (χ1n) is 48.6. The summed E-state index contributed by atoms with van der Waals surface area (Å²) < 4.78 is 8.96. The Morgan fingerprint density at radius 2 is 0.676 bits per heavy atom. The van der Waals surface area contributed by atoms with E-state index >= 15 is 0 Å². The number of nitrogens with two attached hydrogens (primary N) is 3. The number of nitrogens with one attached hydrogen (secondary N) is 1. The number of hydrazone groups is 1. The Labute approximate surface area is 865 Å². The molecular weight excluding hydrogens is 1910 g/mol. The van der Waals surface area contributed by atoms with Crippen LogP contribution in [-0.4, -0.2) is 45.0 Å². The van der Waals surface area contributed by atoms with Gasteiger partial charge in [0.1, 0.15) is 35.4 Å². The lowest BCUT2D eigenvalue weighted by molar-refractivity contribution is 0.593. The molecule has 0 bridgehead atoms. The molecular formula is C127H118Br2N16. The molecule has 0 atom stereocenters. The predicted molar refractivity (Wildman–Crippen MR) is 616 cm³/mol.